The Hall–Kier alpha value is -1.38. The first-order valence-corrected chi connectivity index (χ1v) is 14.6. The molecule has 1 aromatic rings. The molecule has 0 saturated heterocycles. The molecule has 2 fully saturated rings. The highest BCUT2D eigenvalue weighted by Gasteiger charge is 2.31. The molecule has 0 aromatic heterocycles. The predicted octanol–water partition coefficient (Wildman–Crippen LogP) is 9.44. The quantitative estimate of drug-likeness (QED) is 0.162. The number of carbonyl (C=O) groups excluding carboxylic acids is 1. The number of ether oxygens (including phenoxy) is 1. The summed E-state index contributed by atoms with van der Waals surface area (Å²) < 4.78 is 19.8. The van der Waals surface area contributed by atoms with E-state index < -0.39 is 0 Å². The molecule has 2 aliphatic carbocycles. The highest BCUT2D eigenvalue weighted by Crippen LogP contribution is 2.43. The average Bonchev–Trinajstić information content (AvgIpc) is 2.85. The summed E-state index contributed by atoms with van der Waals surface area (Å²) in [6, 6.07) is 4.91. The zero-order valence-corrected chi connectivity index (χ0v) is 22.0. The van der Waals surface area contributed by atoms with Crippen molar-refractivity contribution in [2.75, 3.05) is 0 Å². The molecule has 0 heterocycles. The SMILES string of the molecule is CCCCCc1ccc(OC(=O)CCC2CCC[C@H]([C@H]3CC[C@H](CCCCC)CC3)C2)cc1F. The number of unbranched alkanes of at least 4 members (excludes halogenated alkanes) is 4. The molecule has 0 N–H and O–H groups in total. The van der Waals surface area contributed by atoms with E-state index in [0.717, 1.165) is 55.4 Å². The predicted molar refractivity (Wildman–Crippen MR) is 140 cm³/mol. The van der Waals surface area contributed by atoms with Gasteiger partial charge in [0.25, 0.3) is 0 Å². The highest BCUT2D eigenvalue weighted by molar-refractivity contribution is 5.72. The Kier molecular flexibility index (Phi) is 11.9. The molecule has 34 heavy (non-hydrogen) atoms. The maximum absolute atomic E-state index is 14.3. The molecule has 0 amide bonds. The number of halogens is 1. The third-order valence-electron chi connectivity index (χ3n) is 8.66. The van der Waals surface area contributed by atoms with E-state index in [2.05, 4.69) is 13.8 Å². The Morgan fingerprint density at radius 3 is 2.38 bits per heavy atom. The van der Waals surface area contributed by atoms with Gasteiger partial charge >= 0.3 is 5.97 Å². The van der Waals surface area contributed by atoms with Gasteiger partial charge in [0.15, 0.2) is 0 Å². The third kappa shape index (κ3) is 9.00. The van der Waals surface area contributed by atoms with Crippen LogP contribution in [0.4, 0.5) is 4.39 Å². The maximum atomic E-state index is 14.3. The van der Waals surface area contributed by atoms with Gasteiger partial charge in [0, 0.05) is 12.5 Å². The van der Waals surface area contributed by atoms with Crippen LogP contribution in [0.15, 0.2) is 18.2 Å². The molecule has 0 bridgehead atoms. The number of benzene rings is 1. The fourth-order valence-electron chi connectivity index (χ4n) is 6.52. The summed E-state index contributed by atoms with van der Waals surface area (Å²) in [7, 11) is 0. The lowest BCUT2D eigenvalue weighted by molar-refractivity contribution is -0.134. The third-order valence-corrected chi connectivity index (χ3v) is 8.66. The molecular weight excluding hydrogens is 423 g/mol. The number of esters is 1. The van der Waals surface area contributed by atoms with Crippen molar-refractivity contribution in [1.29, 1.82) is 0 Å². The minimum absolute atomic E-state index is 0.215. The Morgan fingerprint density at radius 2 is 1.65 bits per heavy atom. The first-order chi connectivity index (χ1) is 16.6. The van der Waals surface area contributed by atoms with Gasteiger partial charge in [0.1, 0.15) is 11.6 Å². The minimum Gasteiger partial charge on any atom is -0.426 e. The molecule has 1 aromatic carbocycles. The molecule has 2 atom stereocenters. The van der Waals surface area contributed by atoms with E-state index in [9.17, 15) is 9.18 Å². The lowest BCUT2D eigenvalue weighted by Crippen LogP contribution is -2.27. The molecule has 0 spiro atoms. The van der Waals surface area contributed by atoms with E-state index in [1.807, 2.05) is 0 Å². The Morgan fingerprint density at radius 1 is 0.882 bits per heavy atom. The summed E-state index contributed by atoms with van der Waals surface area (Å²) in [6.07, 6.45) is 21.9. The van der Waals surface area contributed by atoms with Gasteiger partial charge in [0.2, 0.25) is 0 Å². The molecule has 0 radical (unpaired) electrons. The van der Waals surface area contributed by atoms with Gasteiger partial charge in [-0.3, -0.25) is 4.79 Å². The highest BCUT2D eigenvalue weighted by atomic mass is 19.1. The van der Waals surface area contributed by atoms with Gasteiger partial charge in [-0.25, -0.2) is 4.39 Å². The molecule has 192 valence electrons. The Balaban J connectivity index is 1.37. The van der Waals surface area contributed by atoms with E-state index in [0.29, 0.717) is 18.1 Å². The van der Waals surface area contributed by atoms with Crippen molar-refractivity contribution in [3.05, 3.63) is 29.6 Å². The topological polar surface area (TPSA) is 26.3 Å². The first-order valence-electron chi connectivity index (χ1n) is 14.6. The van der Waals surface area contributed by atoms with Crippen LogP contribution < -0.4 is 4.74 Å². The van der Waals surface area contributed by atoms with Crippen molar-refractivity contribution in [3.8, 4) is 5.75 Å². The summed E-state index contributed by atoms with van der Waals surface area (Å²) in [6.45, 7) is 4.44. The molecular formula is C31H49FO2. The Labute approximate surface area is 208 Å². The zero-order valence-electron chi connectivity index (χ0n) is 22.0. The second kappa shape index (κ2) is 14.9. The monoisotopic (exact) mass is 472 g/mol. The Bertz CT molecular complexity index is 722. The molecule has 3 heteroatoms. The standard InChI is InChI=1S/C31H49FO2/c1-3-5-7-10-24-14-17-26(18-15-24)28-13-9-11-25(22-28)16-21-31(33)34-29-20-19-27(30(32)23-29)12-8-6-4-2/h19-20,23-26,28H,3-18,21-22H2,1-2H3/t24-,25?,26-,28-/m0/s1. The van der Waals surface area contributed by atoms with Crippen molar-refractivity contribution in [1.82, 2.24) is 0 Å². The van der Waals surface area contributed by atoms with Crippen LogP contribution >= 0.6 is 0 Å². The van der Waals surface area contributed by atoms with Gasteiger partial charge in [0.05, 0.1) is 0 Å². The molecule has 3 rings (SSSR count). The van der Waals surface area contributed by atoms with E-state index >= 15 is 0 Å². The maximum Gasteiger partial charge on any atom is 0.311 e. The molecule has 2 aliphatic rings. The van der Waals surface area contributed by atoms with E-state index in [4.69, 9.17) is 4.74 Å². The van der Waals surface area contributed by atoms with Crippen molar-refractivity contribution < 1.29 is 13.9 Å². The lowest BCUT2D eigenvalue weighted by atomic mass is 9.67. The van der Waals surface area contributed by atoms with Crippen LogP contribution in [0.1, 0.15) is 129 Å². The van der Waals surface area contributed by atoms with Crippen LogP contribution in [0.2, 0.25) is 0 Å². The van der Waals surface area contributed by atoms with Crippen molar-refractivity contribution in [2.24, 2.45) is 23.7 Å². The van der Waals surface area contributed by atoms with Crippen LogP contribution in [-0.2, 0) is 11.2 Å². The summed E-state index contributed by atoms with van der Waals surface area (Å²) in [4.78, 5) is 12.4. The summed E-state index contributed by atoms with van der Waals surface area (Å²) in [5.74, 6) is 3.28. The summed E-state index contributed by atoms with van der Waals surface area (Å²) in [5.41, 5.74) is 0.719. The molecule has 1 unspecified atom stereocenters. The molecule has 2 saturated carbocycles. The number of hydrogen-bond acceptors (Lipinski definition) is 2. The van der Waals surface area contributed by atoms with Gasteiger partial charge < -0.3 is 4.74 Å². The van der Waals surface area contributed by atoms with E-state index in [1.54, 1.807) is 12.1 Å². The largest absolute Gasteiger partial charge is 0.426 e. The average molecular weight is 473 g/mol. The number of rotatable bonds is 13. The fourth-order valence-corrected chi connectivity index (χ4v) is 6.52. The second-order valence-corrected chi connectivity index (χ2v) is 11.3. The van der Waals surface area contributed by atoms with Gasteiger partial charge in [-0.2, -0.15) is 0 Å². The van der Waals surface area contributed by atoms with E-state index in [1.165, 1.54) is 83.1 Å². The van der Waals surface area contributed by atoms with Crippen LogP contribution in [0.5, 0.6) is 5.75 Å². The van der Waals surface area contributed by atoms with Crippen LogP contribution in [-0.4, -0.2) is 5.97 Å². The normalized spacial score (nSPS) is 25.3. The second-order valence-electron chi connectivity index (χ2n) is 11.3. The van der Waals surface area contributed by atoms with Crippen molar-refractivity contribution in [3.63, 3.8) is 0 Å². The number of carbonyl (C=O) groups is 1. The first kappa shape index (κ1) is 27.2. The van der Waals surface area contributed by atoms with Crippen LogP contribution in [0.3, 0.4) is 0 Å². The lowest BCUT2D eigenvalue weighted by Gasteiger charge is -2.38. The van der Waals surface area contributed by atoms with Crippen LogP contribution in [0.25, 0.3) is 0 Å². The summed E-state index contributed by atoms with van der Waals surface area (Å²) in [5, 5.41) is 0. The smallest absolute Gasteiger partial charge is 0.311 e. The van der Waals surface area contributed by atoms with Crippen molar-refractivity contribution >= 4 is 5.97 Å². The van der Waals surface area contributed by atoms with Gasteiger partial charge in [-0.1, -0.05) is 90.5 Å². The van der Waals surface area contributed by atoms with Crippen LogP contribution in [0, 0.1) is 29.5 Å². The fraction of sp³-hybridized carbons (Fsp3) is 0.774. The van der Waals surface area contributed by atoms with Gasteiger partial charge in [-0.05, 0) is 73.8 Å². The zero-order chi connectivity index (χ0) is 24.2. The van der Waals surface area contributed by atoms with E-state index in [-0.39, 0.29) is 11.8 Å². The number of aryl methyl sites for hydroxylation is 1. The summed E-state index contributed by atoms with van der Waals surface area (Å²) >= 11 is 0. The van der Waals surface area contributed by atoms with Crippen molar-refractivity contribution in [2.45, 2.75) is 129 Å². The minimum atomic E-state index is -0.253. The van der Waals surface area contributed by atoms with Gasteiger partial charge in [-0.15, -0.1) is 0 Å². The molecule has 2 nitrogen and oxygen atoms in total. The number of hydrogen-bond donors (Lipinski definition) is 0. The molecule has 0 aliphatic heterocycles.